The molecule has 5 nitrogen and oxygen atoms in total. The zero-order valence-electron chi connectivity index (χ0n) is 17.7. The number of benzene rings is 3. The first-order valence-corrected chi connectivity index (χ1v) is 11.4. The summed E-state index contributed by atoms with van der Waals surface area (Å²) in [4.78, 5) is 29.9. The molecule has 3 aromatic carbocycles. The van der Waals surface area contributed by atoms with Crippen LogP contribution in [0.4, 0.5) is 0 Å². The highest BCUT2D eigenvalue weighted by atomic mass is 35.5. The third kappa shape index (κ3) is 4.52. The topological polar surface area (TPSA) is 60.7 Å². The Bertz CT molecular complexity index is 1360. The predicted molar refractivity (Wildman–Crippen MR) is 128 cm³/mol. The Morgan fingerprint density at radius 1 is 1.00 bits per heavy atom. The van der Waals surface area contributed by atoms with Gasteiger partial charge in [-0.15, -0.1) is 0 Å². The molecule has 4 aromatic rings. The van der Waals surface area contributed by atoms with E-state index in [0.717, 1.165) is 26.9 Å². The molecule has 0 aliphatic carbocycles. The molecule has 32 heavy (non-hydrogen) atoms. The molecular weight excluding hydrogens is 444 g/mol. The van der Waals surface area contributed by atoms with Gasteiger partial charge in [0.2, 0.25) is 0 Å². The van der Waals surface area contributed by atoms with E-state index < -0.39 is 5.97 Å². The maximum absolute atomic E-state index is 12.9. The Kier molecular flexibility index (Phi) is 6.53. The van der Waals surface area contributed by atoms with Gasteiger partial charge in [-0.05, 0) is 54.8 Å². The van der Waals surface area contributed by atoms with Crippen molar-refractivity contribution in [1.29, 1.82) is 0 Å². The van der Waals surface area contributed by atoms with Gasteiger partial charge in [0, 0.05) is 10.6 Å². The van der Waals surface area contributed by atoms with Gasteiger partial charge in [-0.1, -0.05) is 65.4 Å². The summed E-state index contributed by atoms with van der Waals surface area (Å²) < 4.78 is 7.71. The Morgan fingerprint density at radius 2 is 1.69 bits per heavy atom. The van der Waals surface area contributed by atoms with Gasteiger partial charge in [0.15, 0.2) is 4.80 Å². The Hall–Kier alpha value is -3.22. The van der Waals surface area contributed by atoms with Gasteiger partial charge in [0.1, 0.15) is 6.54 Å². The minimum atomic E-state index is -0.396. The number of esters is 1. The van der Waals surface area contributed by atoms with E-state index >= 15 is 0 Å². The maximum Gasteiger partial charge on any atom is 0.326 e. The highest BCUT2D eigenvalue weighted by Gasteiger charge is 2.16. The average molecular weight is 465 g/mol. The smallest absolute Gasteiger partial charge is 0.326 e. The number of rotatable bonds is 5. The predicted octanol–water partition coefficient (Wildman–Crippen LogP) is 5.64. The number of aryl methyl sites for hydroxylation is 1. The number of hydrogen-bond acceptors (Lipinski definition) is 4. The highest BCUT2D eigenvalue weighted by molar-refractivity contribution is 7.16. The first kappa shape index (κ1) is 22.0. The summed E-state index contributed by atoms with van der Waals surface area (Å²) in [7, 11) is 0. The molecule has 1 amide bonds. The zero-order chi connectivity index (χ0) is 22.7. The van der Waals surface area contributed by atoms with Crippen LogP contribution >= 0.6 is 22.9 Å². The Labute approximate surface area is 194 Å². The molecule has 0 fully saturated rings. The molecule has 0 aliphatic heterocycles. The Balaban J connectivity index is 1.75. The van der Waals surface area contributed by atoms with Crippen LogP contribution in [0.2, 0.25) is 5.02 Å². The van der Waals surface area contributed by atoms with Crippen LogP contribution in [0.25, 0.3) is 21.3 Å². The van der Waals surface area contributed by atoms with E-state index in [1.54, 1.807) is 29.7 Å². The summed E-state index contributed by atoms with van der Waals surface area (Å²) in [6.45, 7) is 3.87. The Morgan fingerprint density at radius 3 is 2.38 bits per heavy atom. The van der Waals surface area contributed by atoms with Crippen LogP contribution in [0.1, 0.15) is 22.8 Å². The molecule has 0 saturated heterocycles. The number of ether oxygens (including phenoxy) is 1. The van der Waals surface area contributed by atoms with Gasteiger partial charge in [-0.3, -0.25) is 9.59 Å². The largest absolute Gasteiger partial charge is 0.465 e. The minimum Gasteiger partial charge on any atom is -0.465 e. The number of aromatic nitrogens is 1. The van der Waals surface area contributed by atoms with Gasteiger partial charge in [0.25, 0.3) is 5.91 Å². The lowest BCUT2D eigenvalue weighted by atomic mass is 10.0. The highest BCUT2D eigenvalue weighted by Crippen LogP contribution is 2.27. The first-order chi connectivity index (χ1) is 15.5. The molecule has 1 aromatic heterocycles. The van der Waals surface area contributed by atoms with Crippen molar-refractivity contribution >= 4 is 45.0 Å². The quantitative estimate of drug-likeness (QED) is 0.359. The lowest BCUT2D eigenvalue weighted by molar-refractivity contribution is -0.143. The van der Waals surface area contributed by atoms with Crippen molar-refractivity contribution in [3.63, 3.8) is 0 Å². The molecule has 0 atom stereocenters. The van der Waals surface area contributed by atoms with Crippen molar-refractivity contribution in [2.45, 2.75) is 20.4 Å². The van der Waals surface area contributed by atoms with Crippen LogP contribution < -0.4 is 4.80 Å². The van der Waals surface area contributed by atoms with Crippen LogP contribution in [0, 0.1) is 6.92 Å². The van der Waals surface area contributed by atoms with Crippen LogP contribution in [0.5, 0.6) is 0 Å². The molecule has 7 heteroatoms. The molecule has 162 valence electrons. The van der Waals surface area contributed by atoms with Crippen molar-refractivity contribution < 1.29 is 14.3 Å². The van der Waals surface area contributed by atoms with Crippen LogP contribution in [-0.2, 0) is 16.1 Å². The molecule has 0 aliphatic rings. The molecule has 0 unspecified atom stereocenters. The lowest BCUT2D eigenvalue weighted by Crippen LogP contribution is -2.23. The molecule has 0 N–H and O–H groups in total. The van der Waals surface area contributed by atoms with Crippen molar-refractivity contribution in [3.8, 4) is 11.1 Å². The summed E-state index contributed by atoms with van der Waals surface area (Å²) in [6.07, 6.45) is 0. The van der Waals surface area contributed by atoms with E-state index in [1.165, 1.54) is 11.3 Å². The number of amides is 1. The fourth-order valence-corrected chi connectivity index (χ4v) is 4.71. The summed E-state index contributed by atoms with van der Waals surface area (Å²) >= 11 is 7.65. The normalized spacial score (nSPS) is 11.7. The lowest BCUT2D eigenvalue weighted by Gasteiger charge is -2.08. The van der Waals surface area contributed by atoms with E-state index in [0.29, 0.717) is 15.4 Å². The number of nitrogens with zero attached hydrogens (tertiary/aromatic N) is 2. The maximum atomic E-state index is 12.9. The molecule has 0 spiro atoms. The second-order valence-corrected chi connectivity index (χ2v) is 8.57. The number of carbonyl (C=O) groups is 2. The van der Waals surface area contributed by atoms with Crippen LogP contribution in [0.3, 0.4) is 0 Å². The summed E-state index contributed by atoms with van der Waals surface area (Å²) in [6, 6.07) is 21.0. The molecule has 1 heterocycles. The molecule has 0 bridgehead atoms. The third-order valence-corrected chi connectivity index (χ3v) is 6.51. The average Bonchev–Trinajstić information content (AvgIpc) is 3.14. The number of halogens is 1. The fourth-order valence-electron chi connectivity index (χ4n) is 3.47. The molecule has 0 saturated carbocycles. The minimum absolute atomic E-state index is 0.0475. The second-order valence-electron chi connectivity index (χ2n) is 7.16. The summed E-state index contributed by atoms with van der Waals surface area (Å²) in [5, 5.41) is 0.585. The monoisotopic (exact) mass is 464 g/mol. The standard InChI is InChI=1S/C25H21ClN2O3S/c1-3-31-22(29)15-28-23-16(2)20(26)13-14-21(23)32-25(28)27-24(30)19-11-9-18(10-12-19)17-7-5-4-6-8-17/h4-14H,3,15H2,1-2H3. The van der Waals surface area contributed by atoms with Gasteiger partial charge in [-0.25, -0.2) is 0 Å². The summed E-state index contributed by atoms with van der Waals surface area (Å²) in [5.74, 6) is -0.773. The molecule has 4 rings (SSSR count). The van der Waals surface area contributed by atoms with Crippen molar-refractivity contribution in [2.24, 2.45) is 4.99 Å². The van der Waals surface area contributed by atoms with E-state index in [4.69, 9.17) is 16.3 Å². The van der Waals surface area contributed by atoms with Gasteiger partial charge >= 0.3 is 5.97 Å². The van der Waals surface area contributed by atoms with E-state index in [9.17, 15) is 9.59 Å². The van der Waals surface area contributed by atoms with E-state index in [-0.39, 0.29) is 19.1 Å². The SMILES string of the molecule is CCOC(=O)Cn1c(=NC(=O)c2ccc(-c3ccccc3)cc2)sc2ccc(Cl)c(C)c21. The second kappa shape index (κ2) is 9.51. The number of thiazole rings is 1. The van der Waals surface area contributed by atoms with E-state index in [2.05, 4.69) is 4.99 Å². The third-order valence-electron chi connectivity index (χ3n) is 5.06. The number of hydrogen-bond donors (Lipinski definition) is 0. The fraction of sp³-hybridized carbons (Fsp3) is 0.160. The molecule has 0 radical (unpaired) electrons. The molecular formula is C25H21ClN2O3S. The van der Waals surface area contributed by atoms with E-state index in [1.807, 2.05) is 55.5 Å². The first-order valence-electron chi connectivity index (χ1n) is 10.2. The summed E-state index contributed by atoms with van der Waals surface area (Å²) in [5.41, 5.74) is 4.17. The van der Waals surface area contributed by atoms with Crippen molar-refractivity contribution in [1.82, 2.24) is 4.57 Å². The van der Waals surface area contributed by atoms with Gasteiger partial charge in [0.05, 0.1) is 16.8 Å². The van der Waals surface area contributed by atoms with Crippen molar-refractivity contribution in [2.75, 3.05) is 6.61 Å². The number of carbonyl (C=O) groups excluding carboxylic acids is 2. The number of fused-ring (bicyclic) bond motifs is 1. The van der Waals surface area contributed by atoms with Crippen LogP contribution in [-0.4, -0.2) is 23.1 Å². The van der Waals surface area contributed by atoms with Crippen LogP contribution in [0.15, 0.2) is 71.7 Å². The van der Waals surface area contributed by atoms with Crippen molar-refractivity contribution in [3.05, 3.63) is 87.7 Å². The zero-order valence-corrected chi connectivity index (χ0v) is 19.2. The van der Waals surface area contributed by atoms with Gasteiger partial charge < -0.3 is 9.30 Å². The van der Waals surface area contributed by atoms with Gasteiger partial charge in [-0.2, -0.15) is 4.99 Å².